The van der Waals surface area contributed by atoms with Crippen molar-refractivity contribution in [2.75, 3.05) is 11.1 Å². The molecule has 0 aliphatic heterocycles. The molecule has 0 spiro atoms. The van der Waals surface area contributed by atoms with Gasteiger partial charge in [-0.15, -0.1) is 0 Å². The van der Waals surface area contributed by atoms with Gasteiger partial charge in [-0.05, 0) is 50.9 Å². The SMILES string of the molecule is Cc1c(N)ncnc1Nc1c(Br)cccc1Br. The lowest BCUT2D eigenvalue weighted by Crippen LogP contribution is -2.02. The van der Waals surface area contributed by atoms with E-state index in [4.69, 9.17) is 5.73 Å². The van der Waals surface area contributed by atoms with Gasteiger partial charge in [0.25, 0.3) is 0 Å². The standard InChI is InChI=1S/C11H10Br2N4/c1-6-10(14)15-5-16-11(6)17-9-7(12)3-2-4-8(9)13/h2-5H,1H3,(H3,14,15,16,17). The normalized spacial score (nSPS) is 10.3. The Bertz CT molecular complexity index is 537. The fraction of sp³-hybridized carbons (Fsp3) is 0.0909. The maximum atomic E-state index is 5.74. The first-order valence-electron chi connectivity index (χ1n) is 4.87. The summed E-state index contributed by atoms with van der Waals surface area (Å²) < 4.78 is 1.90. The zero-order chi connectivity index (χ0) is 12.4. The fourth-order valence-corrected chi connectivity index (χ4v) is 2.52. The molecule has 0 fully saturated rings. The number of para-hydroxylation sites is 1. The molecule has 3 N–H and O–H groups in total. The van der Waals surface area contributed by atoms with Crippen molar-refractivity contribution >= 4 is 49.2 Å². The third-order valence-corrected chi connectivity index (χ3v) is 3.65. The summed E-state index contributed by atoms with van der Waals surface area (Å²) in [4.78, 5) is 8.10. The molecule has 0 aliphatic rings. The molecule has 6 heteroatoms. The smallest absolute Gasteiger partial charge is 0.138 e. The third kappa shape index (κ3) is 2.58. The maximum absolute atomic E-state index is 5.74. The van der Waals surface area contributed by atoms with Crippen LogP contribution >= 0.6 is 31.9 Å². The molecule has 0 saturated carbocycles. The molecule has 1 heterocycles. The van der Waals surface area contributed by atoms with Crippen LogP contribution < -0.4 is 11.1 Å². The fourth-order valence-electron chi connectivity index (χ4n) is 1.33. The summed E-state index contributed by atoms with van der Waals surface area (Å²) in [5.74, 6) is 1.18. The van der Waals surface area contributed by atoms with E-state index in [2.05, 4.69) is 47.1 Å². The second-order valence-corrected chi connectivity index (χ2v) is 5.16. The molecule has 17 heavy (non-hydrogen) atoms. The Hall–Kier alpha value is -1.14. The largest absolute Gasteiger partial charge is 0.383 e. The van der Waals surface area contributed by atoms with Gasteiger partial charge < -0.3 is 11.1 Å². The van der Waals surface area contributed by atoms with Gasteiger partial charge in [-0.25, -0.2) is 9.97 Å². The minimum Gasteiger partial charge on any atom is -0.383 e. The lowest BCUT2D eigenvalue weighted by atomic mass is 10.3. The van der Waals surface area contributed by atoms with Crippen molar-refractivity contribution < 1.29 is 0 Å². The average molecular weight is 358 g/mol. The maximum Gasteiger partial charge on any atom is 0.138 e. The Kier molecular flexibility index (Phi) is 3.63. The van der Waals surface area contributed by atoms with Crippen molar-refractivity contribution in [2.45, 2.75) is 6.92 Å². The lowest BCUT2D eigenvalue weighted by molar-refractivity contribution is 1.14. The first-order valence-corrected chi connectivity index (χ1v) is 6.46. The quantitative estimate of drug-likeness (QED) is 0.861. The van der Waals surface area contributed by atoms with Crippen LogP contribution in [0.5, 0.6) is 0 Å². The van der Waals surface area contributed by atoms with E-state index in [0.717, 1.165) is 20.2 Å². The van der Waals surface area contributed by atoms with Gasteiger partial charge in [0.2, 0.25) is 0 Å². The molecule has 1 aromatic carbocycles. The Morgan fingerprint density at radius 2 is 1.82 bits per heavy atom. The van der Waals surface area contributed by atoms with Crippen LogP contribution in [0.15, 0.2) is 33.5 Å². The van der Waals surface area contributed by atoms with Crippen molar-refractivity contribution in [3.63, 3.8) is 0 Å². The molecule has 0 amide bonds. The number of aromatic nitrogens is 2. The molecule has 0 bridgehead atoms. The van der Waals surface area contributed by atoms with Crippen LogP contribution in [0.3, 0.4) is 0 Å². The first-order chi connectivity index (χ1) is 8.09. The summed E-state index contributed by atoms with van der Waals surface area (Å²) in [6.07, 6.45) is 1.44. The number of anilines is 3. The Morgan fingerprint density at radius 1 is 1.18 bits per heavy atom. The molecule has 0 radical (unpaired) electrons. The van der Waals surface area contributed by atoms with Crippen LogP contribution in [-0.2, 0) is 0 Å². The van der Waals surface area contributed by atoms with Crippen molar-refractivity contribution in [1.29, 1.82) is 0 Å². The van der Waals surface area contributed by atoms with E-state index in [1.54, 1.807) is 0 Å². The Morgan fingerprint density at radius 3 is 2.47 bits per heavy atom. The van der Waals surface area contributed by atoms with Crippen LogP contribution in [0.25, 0.3) is 0 Å². The van der Waals surface area contributed by atoms with E-state index in [1.165, 1.54) is 6.33 Å². The number of nitrogens with one attached hydrogen (secondary N) is 1. The van der Waals surface area contributed by atoms with Gasteiger partial charge in [-0.3, -0.25) is 0 Å². The topological polar surface area (TPSA) is 63.8 Å². The van der Waals surface area contributed by atoms with E-state index >= 15 is 0 Å². The molecule has 4 nitrogen and oxygen atoms in total. The summed E-state index contributed by atoms with van der Waals surface area (Å²) in [6.45, 7) is 1.88. The van der Waals surface area contributed by atoms with E-state index in [1.807, 2.05) is 25.1 Å². The molecular weight excluding hydrogens is 348 g/mol. The Labute approximate surface area is 116 Å². The molecule has 1 aromatic heterocycles. The monoisotopic (exact) mass is 356 g/mol. The highest BCUT2D eigenvalue weighted by Gasteiger charge is 2.09. The Balaban J connectivity index is 2.42. The van der Waals surface area contributed by atoms with Crippen molar-refractivity contribution in [2.24, 2.45) is 0 Å². The van der Waals surface area contributed by atoms with Crippen LogP contribution in [0.2, 0.25) is 0 Å². The lowest BCUT2D eigenvalue weighted by Gasteiger charge is -2.12. The van der Waals surface area contributed by atoms with Gasteiger partial charge in [0.1, 0.15) is 18.0 Å². The number of rotatable bonds is 2. The van der Waals surface area contributed by atoms with Crippen LogP contribution in [-0.4, -0.2) is 9.97 Å². The molecule has 0 atom stereocenters. The van der Waals surface area contributed by atoms with Crippen molar-refractivity contribution in [3.05, 3.63) is 39.0 Å². The molecule has 0 unspecified atom stereocenters. The van der Waals surface area contributed by atoms with Gasteiger partial charge in [0.05, 0.1) is 5.69 Å². The average Bonchev–Trinajstić information content (AvgIpc) is 2.29. The van der Waals surface area contributed by atoms with E-state index < -0.39 is 0 Å². The zero-order valence-electron chi connectivity index (χ0n) is 9.04. The van der Waals surface area contributed by atoms with Gasteiger partial charge in [-0.2, -0.15) is 0 Å². The number of nitrogens with two attached hydrogens (primary N) is 1. The number of halogens is 2. The number of hydrogen-bond donors (Lipinski definition) is 2. The van der Waals surface area contributed by atoms with E-state index in [-0.39, 0.29) is 0 Å². The highest BCUT2D eigenvalue weighted by molar-refractivity contribution is 9.11. The molecule has 0 saturated heterocycles. The third-order valence-electron chi connectivity index (χ3n) is 2.33. The number of nitrogens with zero attached hydrogens (tertiary/aromatic N) is 2. The van der Waals surface area contributed by atoms with Crippen LogP contribution in [0, 0.1) is 6.92 Å². The van der Waals surface area contributed by atoms with Crippen LogP contribution in [0.4, 0.5) is 17.3 Å². The predicted molar refractivity (Wildman–Crippen MR) is 76.3 cm³/mol. The highest BCUT2D eigenvalue weighted by atomic mass is 79.9. The zero-order valence-corrected chi connectivity index (χ0v) is 12.2. The van der Waals surface area contributed by atoms with E-state index in [0.29, 0.717) is 11.6 Å². The molecular formula is C11H10Br2N4. The first kappa shape index (κ1) is 12.3. The number of hydrogen-bond acceptors (Lipinski definition) is 4. The summed E-state index contributed by atoms with van der Waals surface area (Å²) in [6, 6.07) is 5.85. The summed E-state index contributed by atoms with van der Waals surface area (Å²) >= 11 is 6.96. The number of benzene rings is 1. The summed E-state index contributed by atoms with van der Waals surface area (Å²) in [5, 5.41) is 3.22. The molecule has 0 aliphatic carbocycles. The summed E-state index contributed by atoms with van der Waals surface area (Å²) in [7, 11) is 0. The predicted octanol–water partition coefficient (Wildman–Crippen LogP) is 3.64. The minimum atomic E-state index is 0.477. The second-order valence-electron chi connectivity index (χ2n) is 3.45. The highest BCUT2D eigenvalue weighted by Crippen LogP contribution is 2.33. The summed E-state index contributed by atoms with van der Waals surface area (Å²) in [5.41, 5.74) is 7.48. The van der Waals surface area contributed by atoms with E-state index in [9.17, 15) is 0 Å². The molecule has 88 valence electrons. The minimum absolute atomic E-state index is 0.477. The van der Waals surface area contributed by atoms with Gasteiger partial charge in [-0.1, -0.05) is 6.07 Å². The van der Waals surface area contributed by atoms with Gasteiger partial charge in [0, 0.05) is 14.5 Å². The van der Waals surface area contributed by atoms with Crippen molar-refractivity contribution in [1.82, 2.24) is 9.97 Å². The van der Waals surface area contributed by atoms with Crippen molar-refractivity contribution in [3.8, 4) is 0 Å². The molecule has 2 aromatic rings. The number of nitrogen functional groups attached to an aromatic ring is 1. The van der Waals surface area contributed by atoms with Crippen LogP contribution in [0.1, 0.15) is 5.56 Å². The van der Waals surface area contributed by atoms with Gasteiger partial charge in [0.15, 0.2) is 0 Å². The van der Waals surface area contributed by atoms with Gasteiger partial charge >= 0.3 is 0 Å². The second kappa shape index (κ2) is 5.01. The molecule has 2 rings (SSSR count).